The van der Waals surface area contributed by atoms with Gasteiger partial charge >= 0.3 is 0 Å². The van der Waals surface area contributed by atoms with Crippen molar-refractivity contribution in [2.24, 2.45) is 5.11 Å². The van der Waals surface area contributed by atoms with Crippen LogP contribution in [0.25, 0.3) is 10.4 Å². The average Bonchev–Trinajstić information content (AvgIpc) is 2.61. The molecule has 23 heavy (non-hydrogen) atoms. The van der Waals surface area contributed by atoms with E-state index in [2.05, 4.69) is 10.0 Å². The van der Waals surface area contributed by atoms with E-state index in [0.717, 1.165) is 25.9 Å². The number of carbonyl (C=O) groups is 1. The van der Waals surface area contributed by atoms with Crippen molar-refractivity contribution in [3.63, 3.8) is 0 Å². The summed E-state index contributed by atoms with van der Waals surface area (Å²) in [6.45, 7) is 3.16. The van der Waals surface area contributed by atoms with Crippen LogP contribution in [-0.2, 0) is 4.74 Å². The Labute approximate surface area is 135 Å². The van der Waals surface area contributed by atoms with Crippen LogP contribution in [0.15, 0.2) is 29.4 Å². The minimum absolute atomic E-state index is 0.0702. The van der Waals surface area contributed by atoms with Gasteiger partial charge in [-0.2, -0.15) is 0 Å². The van der Waals surface area contributed by atoms with Gasteiger partial charge in [0.15, 0.2) is 0 Å². The molecule has 0 radical (unpaired) electrons. The Hall–Kier alpha value is -2.24. The number of hydrogen-bond acceptors (Lipinski definition) is 4. The second kappa shape index (κ2) is 9.71. The van der Waals surface area contributed by atoms with E-state index >= 15 is 0 Å². The Kier molecular flexibility index (Phi) is 7.23. The maximum atomic E-state index is 12.4. The van der Waals surface area contributed by atoms with Gasteiger partial charge in [0, 0.05) is 30.1 Å². The van der Waals surface area contributed by atoms with E-state index in [-0.39, 0.29) is 5.91 Å². The van der Waals surface area contributed by atoms with Gasteiger partial charge in [-0.25, -0.2) is 0 Å². The van der Waals surface area contributed by atoms with Crippen molar-refractivity contribution in [2.45, 2.75) is 19.3 Å². The van der Waals surface area contributed by atoms with Gasteiger partial charge in [-0.15, -0.1) is 0 Å². The molecule has 0 saturated carbocycles. The molecule has 1 aromatic carbocycles. The molecule has 1 heterocycles. The summed E-state index contributed by atoms with van der Waals surface area (Å²) >= 11 is 0. The predicted octanol–water partition coefficient (Wildman–Crippen LogP) is 3.02. The molecule has 0 bridgehead atoms. The van der Waals surface area contributed by atoms with Gasteiger partial charge in [0.25, 0.3) is 5.91 Å². The Morgan fingerprint density at radius 1 is 1.22 bits per heavy atom. The number of likely N-dealkylation sites (tertiary alicyclic amines) is 1. The first kappa shape index (κ1) is 17.1. The first-order valence-electron chi connectivity index (χ1n) is 7.92. The smallest absolute Gasteiger partial charge is 0.253 e. The van der Waals surface area contributed by atoms with Gasteiger partial charge in [0.1, 0.15) is 12.4 Å². The maximum absolute atomic E-state index is 12.4. The first-order chi connectivity index (χ1) is 11.3. The Balaban J connectivity index is 1.77. The first-order valence-corrected chi connectivity index (χ1v) is 7.92. The van der Waals surface area contributed by atoms with Crippen molar-refractivity contribution in [3.8, 4) is 5.75 Å². The summed E-state index contributed by atoms with van der Waals surface area (Å²) in [4.78, 5) is 17.0. The minimum Gasteiger partial charge on any atom is -0.491 e. The van der Waals surface area contributed by atoms with Gasteiger partial charge in [-0.05, 0) is 43.0 Å². The molecule has 7 nitrogen and oxygen atoms in total. The van der Waals surface area contributed by atoms with Crippen LogP contribution in [0.1, 0.15) is 29.6 Å². The normalized spacial score (nSPS) is 14.2. The van der Waals surface area contributed by atoms with Crippen LogP contribution >= 0.6 is 0 Å². The number of ether oxygens (including phenoxy) is 2. The molecule has 7 heteroatoms. The zero-order chi connectivity index (χ0) is 16.3. The fourth-order valence-corrected chi connectivity index (χ4v) is 2.47. The molecule has 0 atom stereocenters. The van der Waals surface area contributed by atoms with E-state index in [9.17, 15) is 4.79 Å². The molecular weight excluding hydrogens is 296 g/mol. The molecule has 0 N–H and O–H groups in total. The summed E-state index contributed by atoms with van der Waals surface area (Å²) < 4.78 is 10.9. The lowest BCUT2D eigenvalue weighted by molar-refractivity contribution is 0.0723. The number of azide groups is 1. The third kappa shape index (κ3) is 5.81. The lowest BCUT2D eigenvalue weighted by Gasteiger charge is -2.26. The van der Waals surface area contributed by atoms with Gasteiger partial charge in [-0.3, -0.25) is 4.79 Å². The lowest BCUT2D eigenvalue weighted by Crippen LogP contribution is -2.35. The van der Waals surface area contributed by atoms with Crippen molar-refractivity contribution < 1.29 is 14.3 Å². The van der Waals surface area contributed by atoms with E-state index in [1.165, 1.54) is 6.42 Å². The van der Waals surface area contributed by atoms with E-state index in [1.807, 2.05) is 23.1 Å². The number of carbonyl (C=O) groups excluding carboxylic acids is 1. The van der Waals surface area contributed by atoms with Gasteiger partial charge < -0.3 is 14.4 Å². The summed E-state index contributed by atoms with van der Waals surface area (Å²) in [6, 6.07) is 7.25. The van der Waals surface area contributed by atoms with Crippen LogP contribution in [0.5, 0.6) is 5.75 Å². The highest BCUT2D eigenvalue weighted by Crippen LogP contribution is 2.17. The minimum atomic E-state index is 0.0702. The van der Waals surface area contributed by atoms with Crippen LogP contribution in [0.2, 0.25) is 0 Å². The number of rotatable bonds is 8. The molecule has 0 spiro atoms. The fourth-order valence-electron chi connectivity index (χ4n) is 2.47. The molecule has 2 rings (SSSR count). The van der Waals surface area contributed by atoms with E-state index in [4.69, 9.17) is 15.0 Å². The third-order valence-electron chi connectivity index (χ3n) is 3.62. The molecule has 124 valence electrons. The summed E-state index contributed by atoms with van der Waals surface area (Å²) in [5, 5.41) is 3.38. The van der Waals surface area contributed by atoms with Crippen molar-refractivity contribution in [3.05, 3.63) is 40.3 Å². The second-order valence-electron chi connectivity index (χ2n) is 5.30. The van der Waals surface area contributed by atoms with E-state index in [0.29, 0.717) is 37.7 Å². The summed E-state index contributed by atoms with van der Waals surface area (Å²) in [6.07, 6.45) is 3.36. The summed E-state index contributed by atoms with van der Waals surface area (Å²) in [7, 11) is 0. The van der Waals surface area contributed by atoms with Gasteiger partial charge in [-0.1, -0.05) is 11.2 Å². The SMILES string of the molecule is [N-]=[N+]=NCCOCCOc1cccc(C(=O)N2CCCCC2)c1. The number of benzene rings is 1. The molecule has 1 aliphatic heterocycles. The molecule has 1 aromatic rings. The number of piperidine rings is 1. The second-order valence-corrected chi connectivity index (χ2v) is 5.30. The van der Waals surface area contributed by atoms with Crippen LogP contribution < -0.4 is 4.74 Å². The molecule has 0 unspecified atom stereocenters. The highest BCUT2D eigenvalue weighted by molar-refractivity contribution is 5.94. The van der Waals surface area contributed by atoms with Crippen molar-refractivity contribution in [1.82, 2.24) is 4.90 Å². The Bertz CT molecular complexity index is 552. The van der Waals surface area contributed by atoms with Crippen molar-refractivity contribution >= 4 is 5.91 Å². The molecule has 1 amide bonds. The largest absolute Gasteiger partial charge is 0.491 e. The molecule has 1 saturated heterocycles. The number of amides is 1. The predicted molar refractivity (Wildman–Crippen MR) is 86.5 cm³/mol. The molecule has 1 aliphatic rings. The Morgan fingerprint density at radius 2 is 2.04 bits per heavy atom. The highest BCUT2D eigenvalue weighted by atomic mass is 16.5. The average molecular weight is 318 g/mol. The highest BCUT2D eigenvalue weighted by Gasteiger charge is 2.18. The molecule has 0 aliphatic carbocycles. The van der Waals surface area contributed by atoms with Gasteiger partial charge in [0.05, 0.1) is 13.2 Å². The zero-order valence-electron chi connectivity index (χ0n) is 13.2. The molecule has 1 fully saturated rings. The molecule has 0 aromatic heterocycles. The van der Waals surface area contributed by atoms with Crippen LogP contribution in [0.3, 0.4) is 0 Å². The number of nitrogens with zero attached hydrogens (tertiary/aromatic N) is 4. The molecular formula is C16H22N4O3. The Morgan fingerprint density at radius 3 is 2.83 bits per heavy atom. The summed E-state index contributed by atoms with van der Waals surface area (Å²) in [5.74, 6) is 0.729. The quantitative estimate of drug-likeness (QED) is 0.319. The lowest BCUT2D eigenvalue weighted by atomic mass is 10.1. The van der Waals surface area contributed by atoms with Crippen LogP contribution in [0, 0.1) is 0 Å². The summed E-state index contributed by atoms with van der Waals surface area (Å²) in [5.41, 5.74) is 8.79. The van der Waals surface area contributed by atoms with E-state index in [1.54, 1.807) is 6.07 Å². The standard InChI is InChI=1S/C16H22N4O3/c17-19-18-7-10-22-11-12-23-15-6-4-5-14(13-15)16(21)20-8-2-1-3-9-20/h4-6,13H,1-3,7-12H2. The maximum Gasteiger partial charge on any atom is 0.253 e. The van der Waals surface area contributed by atoms with E-state index < -0.39 is 0 Å². The third-order valence-corrected chi connectivity index (χ3v) is 3.62. The zero-order valence-corrected chi connectivity index (χ0v) is 13.2. The fraction of sp³-hybridized carbons (Fsp3) is 0.562. The van der Waals surface area contributed by atoms with Gasteiger partial charge in [0.2, 0.25) is 0 Å². The van der Waals surface area contributed by atoms with Crippen molar-refractivity contribution in [1.29, 1.82) is 0 Å². The van der Waals surface area contributed by atoms with Crippen LogP contribution in [0.4, 0.5) is 0 Å². The van der Waals surface area contributed by atoms with Crippen molar-refractivity contribution in [2.75, 3.05) is 39.5 Å². The van der Waals surface area contributed by atoms with Crippen LogP contribution in [-0.4, -0.2) is 50.3 Å². The topological polar surface area (TPSA) is 87.5 Å². The number of hydrogen-bond donors (Lipinski definition) is 0. The monoisotopic (exact) mass is 318 g/mol.